The fourth-order valence-corrected chi connectivity index (χ4v) is 1.91. The molecule has 1 aromatic rings. The summed E-state index contributed by atoms with van der Waals surface area (Å²) in [5.41, 5.74) is 2.04. The SMILES string of the molecule is Cc1cc2c(cc1CCN(C)C(=O)C(=O)O)OCO2. The second kappa shape index (κ2) is 5.17. The number of benzene rings is 1. The molecule has 0 radical (unpaired) electrons. The molecule has 0 fully saturated rings. The zero-order chi connectivity index (χ0) is 14.0. The lowest BCUT2D eigenvalue weighted by Gasteiger charge is -2.15. The molecular formula is C13H15NO5. The Bertz CT molecular complexity index is 526. The molecule has 0 atom stereocenters. The van der Waals surface area contributed by atoms with Crippen molar-refractivity contribution in [2.24, 2.45) is 0 Å². The van der Waals surface area contributed by atoms with Crippen LogP contribution in [0.3, 0.4) is 0 Å². The van der Waals surface area contributed by atoms with E-state index in [-0.39, 0.29) is 6.79 Å². The molecule has 1 heterocycles. The fourth-order valence-electron chi connectivity index (χ4n) is 1.91. The summed E-state index contributed by atoms with van der Waals surface area (Å²) >= 11 is 0. The van der Waals surface area contributed by atoms with Crippen LogP contribution in [0.2, 0.25) is 0 Å². The van der Waals surface area contributed by atoms with Crippen molar-refractivity contribution >= 4 is 11.9 Å². The summed E-state index contributed by atoms with van der Waals surface area (Å²) in [5.74, 6) is -0.938. The molecule has 0 saturated heterocycles. The molecule has 1 amide bonds. The molecule has 0 aliphatic carbocycles. The summed E-state index contributed by atoms with van der Waals surface area (Å²) in [7, 11) is 1.47. The average molecular weight is 265 g/mol. The van der Waals surface area contributed by atoms with E-state index in [1.54, 1.807) is 0 Å². The van der Waals surface area contributed by atoms with Crippen molar-refractivity contribution in [2.45, 2.75) is 13.3 Å². The smallest absolute Gasteiger partial charge is 0.394 e. The summed E-state index contributed by atoms with van der Waals surface area (Å²) < 4.78 is 10.6. The minimum absolute atomic E-state index is 0.218. The molecule has 102 valence electrons. The first-order valence-electron chi connectivity index (χ1n) is 5.86. The molecular weight excluding hydrogens is 250 g/mol. The van der Waals surface area contributed by atoms with Gasteiger partial charge in [-0.1, -0.05) is 0 Å². The maximum absolute atomic E-state index is 11.2. The average Bonchev–Trinajstić information content (AvgIpc) is 2.81. The molecule has 0 unspecified atom stereocenters. The van der Waals surface area contributed by atoms with Crippen molar-refractivity contribution in [2.75, 3.05) is 20.4 Å². The Labute approximate surface area is 110 Å². The topological polar surface area (TPSA) is 76.1 Å². The van der Waals surface area contributed by atoms with Gasteiger partial charge in [-0.05, 0) is 36.6 Å². The van der Waals surface area contributed by atoms with Crippen LogP contribution in [-0.2, 0) is 16.0 Å². The highest BCUT2D eigenvalue weighted by Gasteiger charge is 2.19. The van der Waals surface area contributed by atoms with Gasteiger partial charge in [0.2, 0.25) is 6.79 Å². The van der Waals surface area contributed by atoms with Crippen molar-refractivity contribution in [3.05, 3.63) is 23.3 Å². The number of carboxylic acid groups (broad SMARTS) is 1. The molecule has 19 heavy (non-hydrogen) atoms. The second-order valence-electron chi connectivity index (χ2n) is 4.41. The normalized spacial score (nSPS) is 12.3. The van der Waals surface area contributed by atoms with Crippen molar-refractivity contribution < 1.29 is 24.2 Å². The van der Waals surface area contributed by atoms with E-state index in [0.29, 0.717) is 18.7 Å². The number of amides is 1. The molecule has 0 saturated carbocycles. The monoisotopic (exact) mass is 265 g/mol. The van der Waals surface area contributed by atoms with E-state index in [1.165, 1.54) is 11.9 Å². The number of fused-ring (bicyclic) bond motifs is 1. The molecule has 1 aromatic carbocycles. The van der Waals surface area contributed by atoms with Crippen LogP contribution in [-0.4, -0.2) is 42.3 Å². The fraction of sp³-hybridized carbons (Fsp3) is 0.385. The van der Waals surface area contributed by atoms with Gasteiger partial charge in [0, 0.05) is 13.6 Å². The Morgan fingerprint density at radius 1 is 1.32 bits per heavy atom. The summed E-state index contributed by atoms with van der Waals surface area (Å²) in [6, 6.07) is 3.76. The van der Waals surface area contributed by atoms with Crippen LogP contribution in [0.25, 0.3) is 0 Å². The predicted molar refractivity (Wildman–Crippen MR) is 66.3 cm³/mol. The van der Waals surface area contributed by atoms with Crippen molar-refractivity contribution in [3.63, 3.8) is 0 Å². The second-order valence-corrected chi connectivity index (χ2v) is 4.41. The van der Waals surface area contributed by atoms with Crippen LogP contribution in [0.4, 0.5) is 0 Å². The van der Waals surface area contributed by atoms with Gasteiger partial charge in [0.15, 0.2) is 11.5 Å². The summed E-state index contributed by atoms with van der Waals surface area (Å²) in [6.07, 6.45) is 0.567. The highest BCUT2D eigenvalue weighted by Crippen LogP contribution is 2.34. The predicted octanol–water partition coefficient (Wildman–Crippen LogP) is 0.809. The molecule has 0 aromatic heterocycles. The van der Waals surface area contributed by atoms with Crippen molar-refractivity contribution in [1.82, 2.24) is 4.90 Å². The molecule has 1 N–H and O–H groups in total. The molecule has 0 spiro atoms. The van der Waals surface area contributed by atoms with Gasteiger partial charge in [0.25, 0.3) is 0 Å². The van der Waals surface area contributed by atoms with E-state index in [0.717, 1.165) is 16.9 Å². The van der Waals surface area contributed by atoms with Gasteiger partial charge in [-0.15, -0.1) is 0 Å². The Kier molecular flexibility index (Phi) is 3.59. The molecule has 2 rings (SSSR count). The van der Waals surface area contributed by atoms with Crippen molar-refractivity contribution in [3.8, 4) is 11.5 Å². The number of likely N-dealkylation sites (N-methyl/N-ethyl adjacent to an activating group) is 1. The zero-order valence-electron chi connectivity index (χ0n) is 10.8. The number of nitrogens with zero attached hydrogens (tertiary/aromatic N) is 1. The lowest BCUT2D eigenvalue weighted by molar-refractivity contribution is -0.155. The van der Waals surface area contributed by atoms with E-state index in [9.17, 15) is 9.59 Å². The largest absolute Gasteiger partial charge is 0.474 e. The van der Waals surface area contributed by atoms with Gasteiger partial charge in [-0.25, -0.2) is 4.79 Å². The summed E-state index contributed by atoms with van der Waals surface area (Å²) in [6.45, 7) is 2.50. The van der Waals surface area contributed by atoms with Gasteiger partial charge in [-0.3, -0.25) is 4.79 Å². The highest BCUT2D eigenvalue weighted by molar-refractivity contribution is 6.31. The third-order valence-electron chi connectivity index (χ3n) is 3.08. The van der Waals surface area contributed by atoms with Gasteiger partial charge in [-0.2, -0.15) is 0 Å². The third kappa shape index (κ3) is 2.78. The van der Waals surface area contributed by atoms with Gasteiger partial charge in [0.05, 0.1) is 0 Å². The van der Waals surface area contributed by atoms with Gasteiger partial charge >= 0.3 is 11.9 Å². The molecule has 6 nitrogen and oxygen atoms in total. The number of carboxylic acids is 1. The lowest BCUT2D eigenvalue weighted by Crippen LogP contribution is -2.34. The molecule has 1 aliphatic heterocycles. The first-order valence-corrected chi connectivity index (χ1v) is 5.86. The minimum Gasteiger partial charge on any atom is -0.474 e. The van der Waals surface area contributed by atoms with E-state index in [1.807, 2.05) is 19.1 Å². The Morgan fingerprint density at radius 2 is 1.95 bits per heavy atom. The molecule has 1 aliphatic rings. The maximum atomic E-state index is 11.2. The number of carbonyl (C=O) groups is 2. The van der Waals surface area contributed by atoms with Crippen LogP contribution in [0, 0.1) is 6.92 Å². The van der Waals surface area contributed by atoms with Crippen LogP contribution in [0.1, 0.15) is 11.1 Å². The Morgan fingerprint density at radius 3 is 2.58 bits per heavy atom. The maximum Gasteiger partial charge on any atom is 0.394 e. The zero-order valence-corrected chi connectivity index (χ0v) is 10.8. The van der Waals surface area contributed by atoms with Gasteiger partial charge in [0.1, 0.15) is 0 Å². The van der Waals surface area contributed by atoms with E-state index < -0.39 is 11.9 Å². The molecule has 6 heteroatoms. The minimum atomic E-state index is -1.44. The highest BCUT2D eigenvalue weighted by atomic mass is 16.7. The van der Waals surface area contributed by atoms with Crippen LogP contribution < -0.4 is 9.47 Å². The van der Waals surface area contributed by atoms with E-state index >= 15 is 0 Å². The van der Waals surface area contributed by atoms with E-state index in [2.05, 4.69) is 0 Å². The number of carbonyl (C=O) groups excluding carboxylic acids is 1. The molecule has 0 bridgehead atoms. The number of aryl methyl sites for hydroxylation is 1. The van der Waals surface area contributed by atoms with Crippen LogP contribution in [0.5, 0.6) is 11.5 Å². The number of hydrogen-bond acceptors (Lipinski definition) is 4. The standard InChI is InChI=1S/C13H15NO5/c1-8-5-10-11(19-7-18-10)6-9(8)3-4-14(2)12(15)13(16)17/h5-6H,3-4,7H2,1-2H3,(H,16,17). The summed E-state index contributed by atoms with van der Waals surface area (Å²) in [5, 5.41) is 8.60. The van der Waals surface area contributed by atoms with Crippen LogP contribution >= 0.6 is 0 Å². The quantitative estimate of drug-likeness (QED) is 0.818. The van der Waals surface area contributed by atoms with Crippen molar-refractivity contribution in [1.29, 1.82) is 0 Å². The Hall–Kier alpha value is -2.24. The number of aliphatic carboxylic acids is 1. The summed E-state index contributed by atoms with van der Waals surface area (Å²) in [4.78, 5) is 22.9. The number of hydrogen-bond donors (Lipinski definition) is 1. The lowest BCUT2D eigenvalue weighted by atomic mass is 10.0. The Balaban J connectivity index is 2.04. The number of rotatable bonds is 3. The van der Waals surface area contributed by atoms with E-state index in [4.69, 9.17) is 14.6 Å². The van der Waals surface area contributed by atoms with Crippen LogP contribution in [0.15, 0.2) is 12.1 Å². The third-order valence-corrected chi connectivity index (χ3v) is 3.08. The first kappa shape index (κ1) is 13.2. The van der Waals surface area contributed by atoms with Gasteiger partial charge < -0.3 is 19.5 Å². The first-order chi connectivity index (χ1) is 8.99. The number of ether oxygens (including phenoxy) is 2.